The predicted octanol–water partition coefficient (Wildman–Crippen LogP) is 1.96. The van der Waals surface area contributed by atoms with E-state index >= 15 is 0 Å². The summed E-state index contributed by atoms with van der Waals surface area (Å²) in [4.78, 5) is 7.14. The fourth-order valence-corrected chi connectivity index (χ4v) is 3.24. The van der Waals surface area contributed by atoms with E-state index in [1.54, 1.807) is 7.11 Å². The first-order chi connectivity index (χ1) is 10.8. The normalized spacial score (nSPS) is 13.8. The van der Waals surface area contributed by atoms with Gasteiger partial charge in [-0.2, -0.15) is 0 Å². The maximum absolute atomic E-state index is 5.25. The van der Waals surface area contributed by atoms with Gasteiger partial charge in [-0.25, -0.2) is 4.99 Å². The third kappa shape index (κ3) is 2.01. The molecule has 0 spiro atoms. The summed E-state index contributed by atoms with van der Waals surface area (Å²) >= 11 is 0. The van der Waals surface area contributed by atoms with Crippen LogP contribution in [-0.4, -0.2) is 24.4 Å². The van der Waals surface area contributed by atoms with Crippen molar-refractivity contribution in [2.24, 2.45) is 0 Å². The van der Waals surface area contributed by atoms with Gasteiger partial charge in [-0.1, -0.05) is 11.6 Å². The molecule has 0 amide bonds. The van der Waals surface area contributed by atoms with E-state index in [4.69, 9.17) is 4.74 Å². The van der Waals surface area contributed by atoms with Crippen LogP contribution in [0.2, 0.25) is 0 Å². The number of hydrogen-bond acceptors (Lipinski definition) is 1. The number of fused-ring (bicyclic) bond motifs is 3. The lowest BCUT2D eigenvalue weighted by Gasteiger charge is -2.09. The van der Waals surface area contributed by atoms with Crippen molar-refractivity contribution >= 4 is 16.6 Å². The zero-order chi connectivity index (χ0) is 15.1. The summed E-state index contributed by atoms with van der Waals surface area (Å²) in [6.45, 7) is 3.11. The van der Waals surface area contributed by atoms with Gasteiger partial charge in [0.15, 0.2) is 0 Å². The molecule has 0 aliphatic carbocycles. The molecule has 2 aromatic carbocycles. The number of rotatable bonds is 2. The Balaban J connectivity index is 1.86. The lowest BCUT2D eigenvalue weighted by Crippen LogP contribution is -2.75. The molecule has 2 heterocycles. The molecule has 0 fully saturated rings. The zero-order valence-corrected chi connectivity index (χ0v) is 12.9. The molecule has 0 bridgehead atoms. The van der Waals surface area contributed by atoms with E-state index in [0.717, 1.165) is 18.7 Å². The summed E-state index contributed by atoms with van der Waals surface area (Å²) in [5.41, 5.74) is 7.52. The van der Waals surface area contributed by atoms with Crippen molar-refractivity contribution in [3.63, 3.8) is 0 Å². The highest BCUT2D eigenvalue weighted by atomic mass is 16.5. The topological polar surface area (TPSA) is 39.0 Å². The van der Waals surface area contributed by atoms with Gasteiger partial charge in [0.1, 0.15) is 18.0 Å². The summed E-state index contributed by atoms with van der Waals surface area (Å²) in [5, 5.41) is 1.35. The Morgan fingerprint density at radius 1 is 1.09 bits per heavy atom. The molecule has 3 aromatic rings. The van der Waals surface area contributed by atoms with E-state index < -0.39 is 0 Å². The summed E-state index contributed by atoms with van der Waals surface area (Å²) in [7, 11) is 1.69. The van der Waals surface area contributed by atoms with E-state index in [-0.39, 0.29) is 0 Å². The van der Waals surface area contributed by atoms with E-state index in [1.807, 2.05) is 12.1 Å². The molecule has 4 rings (SSSR count). The van der Waals surface area contributed by atoms with Gasteiger partial charge < -0.3 is 9.72 Å². The van der Waals surface area contributed by atoms with Gasteiger partial charge in [-0.15, -0.1) is 0 Å². The number of methoxy groups -OCH3 is 1. The van der Waals surface area contributed by atoms with Crippen molar-refractivity contribution in [2.45, 2.75) is 13.3 Å². The predicted molar refractivity (Wildman–Crippen MR) is 88.8 cm³/mol. The smallest absolute Gasteiger partial charge is 0.229 e. The van der Waals surface area contributed by atoms with Gasteiger partial charge in [0.2, 0.25) is 5.71 Å². The van der Waals surface area contributed by atoms with Crippen LogP contribution < -0.4 is 9.73 Å². The fourth-order valence-electron chi connectivity index (χ4n) is 3.24. The van der Waals surface area contributed by atoms with Gasteiger partial charge in [0.25, 0.3) is 0 Å². The second kappa shape index (κ2) is 5.02. The van der Waals surface area contributed by atoms with Gasteiger partial charge in [0, 0.05) is 22.9 Å². The van der Waals surface area contributed by atoms with E-state index in [0.29, 0.717) is 0 Å². The minimum absolute atomic E-state index is 0.882. The Labute approximate surface area is 129 Å². The number of aryl methyl sites for hydroxylation is 1. The van der Waals surface area contributed by atoms with E-state index in [1.165, 1.54) is 39.0 Å². The first kappa shape index (κ1) is 13.1. The molecular weight excluding hydrogens is 272 g/mol. The molecule has 3 nitrogen and oxygen atoms in total. The molecule has 0 unspecified atom stereocenters. The Morgan fingerprint density at radius 3 is 2.68 bits per heavy atom. The molecule has 0 saturated heterocycles. The summed E-state index contributed by atoms with van der Waals surface area (Å²) in [5.74, 6) is 0.882. The van der Waals surface area contributed by atoms with Crippen molar-refractivity contribution < 1.29 is 9.73 Å². The van der Waals surface area contributed by atoms with Crippen LogP contribution in [0.15, 0.2) is 42.5 Å². The fraction of sp³-hybridized carbons (Fsp3) is 0.211. The minimum atomic E-state index is 0.882. The monoisotopic (exact) mass is 291 g/mol. The van der Waals surface area contributed by atoms with Gasteiger partial charge in [0.05, 0.1) is 7.11 Å². The van der Waals surface area contributed by atoms with Crippen LogP contribution in [0.25, 0.3) is 10.9 Å². The number of benzene rings is 2. The Morgan fingerprint density at radius 2 is 1.91 bits per heavy atom. The third-order valence-electron chi connectivity index (χ3n) is 4.37. The molecule has 0 atom stereocenters. The Bertz CT molecular complexity index is 872. The Kier molecular flexibility index (Phi) is 3.00. The quantitative estimate of drug-likeness (QED) is 0.744. The van der Waals surface area contributed by atoms with Crippen molar-refractivity contribution in [3.05, 3.63) is 64.8 Å². The maximum atomic E-state index is 5.25. The molecule has 22 heavy (non-hydrogen) atoms. The highest BCUT2D eigenvalue weighted by Gasteiger charge is 2.25. The third-order valence-corrected chi connectivity index (χ3v) is 4.37. The number of hydrogen-bond donors (Lipinski definition) is 2. The molecular formula is C19H19N2O+. The lowest BCUT2D eigenvalue weighted by molar-refractivity contribution is -0.457. The first-order valence-corrected chi connectivity index (χ1v) is 7.63. The number of nitrogens with one attached hydrogen (secondary N) is 2. The van der Waals surface area contributed by atoms with Crippen molar-refractivity contribution in [1.82, 2.24) is 4.98 Å². The number of aromatic nitrogens is 1. The highest BCUT2D eigenvalue weighted by Crippen LogP contribution is 2.26. The van der Waals surface area contributed by atoms with Crippen molar-refractivity contribution in [2.75, 3.05) is 13.7 Å². The average Bonchev–Trinajstić information content (AvgIpc) is 2.93. The largest absolute Gasteiger partial charge is 0.497 e. The molecule has 3 heteroatoms. The maximum Gasteiger partial charge on any atom is 0.229 e. The summed E-state index contributed by atoms with van der Waals surface area (Å²) < 4.78 is 5.25. The van der Waals surface area contributed by atoms with Crippen LogP contribution in [0.3, 0.4) is 0 Å². The Hall–Kier alpha value is -2.55. The number of H-pyrrole nitrogens is 1. The van der Waals surface area contributed by atoms with Crippen LogP contribution in [0, 0.1) is 6.92 Å². The first-order valence-electron chi connectivity index (χ1n) is 7.63. The van der Waals surface area contributed by atoms with Crippen molar-refractivity contribution in [3.8, 4) is 5.75 Å². The second-order valence-electron chi connectivity index (χ2n) is 5.81. The van der Waals surface area contributed by atoms with Crippen LogP contribution in [0.4, 0.5) is 0 Å². The van der Waals surface area contributed by atoms with Crippen LogP contribution in [-0.2, 0) is 6.42 Å². The molecule has 110 valence electrons. The average molecular weight is 291 g/mol. The van der Waals surface area contributed by atoms with Gasteiger partial charge in [-0.05, 0) is 48.9 Å². The van der Waals surface area contributed by atoms with E-state index in [9.17, 15) is 0 Å². The molecule has 1 aliphatic heterocycles. The molecule has 1 aliphatic rings. The second-order valence-corrected chi connectivity index (χ2v) is 5.81. The summed E-state index contributed by atoms with van der Waals surface area (Å²) in [6, 6.07) is 14.8. The van der Waals surface area contributed by atoms with Crippen molar-refractivity contribution in [1.29, 1.82) is 0 Å². The molecule has 0 saturated carbocycles. The lowest BCUT2D eigenvalue weighted by atomic mass is 9.97. The zero-order valence-electron chi connectivity index (χ0n) is 12.9. The number of aromatic amines is 1. The van der Waals surface area contributed by atoms with Crippen LogP contribution in [0.5, 0.6) is 5.75 Å². The van der Waals surface area contributed by atoms with Crippen LogP contribution in [0.1, 0.15) is 22.4 Å². The van der Waals surface area contributed by atoms with Gasteiger partial charge >= 0.3 is 0 Å². The SMILES string of the molecule is COc1ccc(C2=[NH+]CCc3c2[nH]c2ccc(C)cc32)cc1. The van der Waals surface area contributed by atoms with Gasteiger partial charge in [-0.3, -0.25) is 0 Å². The number of ether oxygens (including phenoxy) is 1. The molecule has 2 N–H and O–H groups in total. The molecule has 0 radical (unpaired) electrons. The minimum Gasteiger partial charge on any atom is -0.497 e. The standard InChI is InChI=1S/C19H18N2O/c1-12-3-8-17-16(11-12)15-9-10-20-18(19(15)21-17)13-4-6-14(22-2)7-5-13/h3-8,11,21H,9-10H2,1-2H3/p+1. The summed E-state index contributed by atoms with van der Waals surface area (Å²) in [6.07, 6.45) is 1.05. The van der Waals surface area contributed by atoms with E-state index in [2.05, 4.69) is 47.2 Å². The molecule has 1 aromatic heterocycles. The highest BCUT2D eigenvalue weighted by molar-refractivity contribution is 6.12. The van der Waals surface area contributed by atoms with Crippen LogP contribution >= 0.6 is 0 Å².